The van der Waals surface area contributed by atoms with Gasteiger partial charge in [0.05, 0.1) is 0 Å². The molecule has 4 heteroatoms. The van der Waals surface area contributed by atoms with E-state index in [1.54, 1.807) is 0 Å². The van der Waals surface area contributed by atoms with Crippen molar-refractivity contribution in [1.82, 2.24) is 15.8 Å². The van der Waals surface area contributed by atoms with Gasteiger partial charge in [-0.3, -0.25) is 5.43 Å². The maximum Gasteiger partial charge on any atom is 0.181 e. The van der Waals surface area contributed by atoms with Crippen molar-refractivity contribution in [3.05, 3.63) is 0 Å². The summed E-state index contributed by atoms with van der Waals surface area (Å²) in [5.74, 6) is 0. The molecule has 1 rings (SSSR count). The van der Waals surface area contributed by atoms with E-state index in [9.17, 15) is 0 Å². The van der Waals surface area contributed by atoms with Crippen LogP contribution in [0, 0.1) is 0 Å². The molecule has 3 nitrogen and oxygen atoms in total. The molecule has 2 atom stereocenters. The number of thiocarbonyl (C=S) groups is 1. The molecule has 1 heterocycles. The number of piperidine rings is 1. The van der Waals surface area contributed by atoms with Crippen molar-refractivity contribution in [1.29, 1.82) is 0 Å². The van der Waals surface area contributed by atoms with E-state index in [-0.39, 0.29) is 0 Å². The summed E-state index contributed by atoms with van der Waals surface area (Å²) in [6, 6.07) is 1.15. The fourth-order valence-electron chi connectivity index (χ4n) is 2.91. The summed E-state index contributed by atoms with van der Waals surface area (Å²) >= 11 is 5.40. The first-order valence-corrected chi connectivity index (χ1v) is 8.88. The van der Waals surface area contributed by atoms with E-state index >= 15 is 0 Å². The predicted octanol–water partition coefficient (Wildman–Crippen LogP) is 3.99. The monoisotopic (exact) mass is 299 g/mol. The second kappa shape index (κ2) is 10.4. The number of hydrogen-bond acceptors (Lipinski definition) is 2. The fraction of sp³-hybridized carbons (Fsp3) is 0.938. The van der Waals surface area contributed by atoms with E-state index in [0.29, 0.717) is 12.1 Å². The Morgan fingerprint density at radius 2 is 1.65 bits per heavy atom. The summed E-state index contributed by atoms with van der Waals surface area (Å²) in [7, 11) is 0. The first kappa shape index (κ1) is 17.7. The fourth-order valence-corrected chi connectivity index (χ4v) is 3.11. The zero-order chi connectivity index (χ0) is 14.8. The molecule has 0 amide bonds. The highest BCUT2D eigenvalue weighted by atomic mass is 32.1. The quantitative estimate of drug-likeness (QED) is 0.523. The average molecular weight is 300 g/mol. The summed E-state index contributed by atoms with van der Waals surface area (Å²) in [6.07, 6.45) is 11.8. The van der Waals surface area contributed by atoms with Crippen molar-refractivity contribution in [2.45, 2.75) is 90.6 Å². The second-order valence-electron chi connectivity index (χ2n) is 6.17. The van der Waals surface area contributed by atoms with Gasteiger partial charge in [-0.15, -0.1) is 0 Å². The van der Waals surface area contributed by atoms with Crippen LogP contribution >= 0.6 is 12.2 Å². The minimum absolute atomic E-state index is 0.576. The zero-order valence-corrected chi connectivity index (χ0v) is 14.4. The van der Waals surface area contributed by atoms with Gasteiger partial charge in [0.25, 0.3) is 0 Å². The van der Waals surface area contributed by atoms with E-state index in [2.05, 4.69) is 36.5 Å². The van der Waals surface area contributed by atoms with Gasteiger partial charge in [0, 0.05) is 18.6 Å². The lowest BCUT2D eigenvalue weighted by Crippen LogP contribution is -2.56. The molecule has 20 heavy (non-hydrogen) atoms. The average Bonchev–Trinajstić information content (AvgIpc) is 2.42. The Morgan fingerprint density at radius 3 is 2.30 bits per heavy atom. The summed E-state index contributed by atoms with van der Waals surface area (Å²) in [5, 5.41) is 6.45. The van der Waals surface area contributed by atoms with Crippen LogP contribution in [0.2, 0.25) is 0 Å². The molecular formula is C16H33N3S. The van der Waals surface area contributed by atoms with Crippen LogP contribution in [-0.4, -0.2) is 28.7 Å². The van der Waals surface area contributed by atoms with Gasteiger partial charge in [-0.25, -0.2) is 5.01 Å². The number of unbranched alkanes of at least 4 members (excludes halogenated alkanes) is 5. The third kappa shape index (κ3) is 6.89. The van der Waals surface area contributed by atoms with Crippen molar-refractivity contribution in [2.24, 2.45) is 0 Å². The highest BCUT2D eigenvalue weighted by Gasteiger charge is 2.24. The molecule has 0 spiro atoms. The molecule has 0 bridgehead atoms. The second-order valence-corrected chi connectivity index (χ2v) is 6.58. The molecule has 0 radical (unpaired) electrons. The summed E-state index contributed by atoms with van der Waals surface area (Å²) < 4.78 is 0. The molecule has 2 unspecified atom stereocenters. The molecule has 2 N–H and O–H groups in total. The van der Waals surface area contributed by atoms with Crippen LogP contribution < -0.4 is 10.7 Å². The molecule has 1 saturated heterocycles. The lowest BCUT2D eigenvalue weighted by atomic mass is 10.00. The maximum atomic E-state index is 5.40. The van der Waals surface area contributed by atoms with Crippen LogP contribution in [0.15, 0.2) is 0 Å². The lowest BCUT2D eigenvalue weighted by molar-refractivity contribution is 0.0736. The van der Waals surface area contributed by atoms with Crippen LogP contribution in [0.4, 0.5) is 0 Å². The normalized spacial score (nSPS) is 23.6. The highest BCUT2D eigenvalue weighted by molar-refractivity contribution is 7.80. The third-order valence-corrected chi connectivity index (χ3v) is 4.48. The topological polar surface area (TPSA) is 27.3 Å². The molecule has 0 aromatic carbocycles. The van der Waals surface area contributed by atoms with Crippen LogP contribution in [0.25, 0.3) is 0 Å². The highest BCUT2D eigenvalue weighted by Crippen LogP contribution is 2.19. The summed E-state index contributed by atoms with van der Waals surface area (Å²) in [6.45, 7) is 7.81. The summed E-state index contributed by atoms with van der Waals surface area (Å²) in [5.41, 5.74) is 3.38. The minimum atomic E-state index is 0.576. The lowest BCUT2D eigenvalue weighted by Gasteiger charge is -2.39. The standard InChI is InChI=1S/C16H33N3S/c1-4-5-6-7-8-9-13-17-16(20)18-19-14(2)11-10-12-15(19)3/h14-15H,4-13H2,1-3H3,(H2,17,18,20). The number of hydrogen-bond donors (Lipinski definition) is 2. The zero-order valence-electron chi connectivity index (χ0n) is 13.6. The maximum absolute atomic E-state index is 5.40. The van der Waals surface area contributed by atoms with Gasteiger partial charge in [-0.2, -0.15) is 0 Å². The molecule has 0 aromatic heterocycles. The number of hydrazine groups is 1. The van der Waals surface area contributed by atoms with E-state index in [1.807, 2.05) is 0 Å². The molecule has 1 aliphatic heterocycles. The van der Waals surface area contributed by atoms with Gasteiger partial charge in [-0.05, 0) is 45.3 Å². The van der Waals surface area contributed by atoms with E-state index in [1.165, 1.54) is 57.8 Å². The van der Waals surface area contributed by atoms with Gasteiger partial charge in [0.1, 0.15) is 0 Å². The largest absolute Gasteiger partial charge is 0.362 e. The number of rotatable bonds is 8. The number of nitrogens with zero attached hydrogens (tertiary/aromatic N) is 1. The van der Waals surface area contributed by atoms with E-state index in [0.717, 1.165) is 11.7 Å². The third-order valence-electron chi connectivity index (χ3n) is 4.24. The van der Waals surface area contributed by atoms with Crippen molar-refractivity contribution in [3.8, 4) is 0 Å². The van der Waals surface area contributed by atoms with Crippen molar-refractivity contribution < 1.29 is 0 Å². The first-order chi connectivity index (χ1) is 9.65. The Bertz CT molecular complexity index is 260. The molecule has 1 aliphatic rings. The Labute approximate surface area is 130 Å². The minimum Gasteiger partial charge on any atom is -0.362 e. The van der Waals surface area contributed by atoms with Gasteiger partial charge >= 0.3 is 0 Å². The molecule has 0 aliphatic carbocycles. The van der Waals surface area contributed by atoms with Gasteiger partial charge in [-0.1, -0.05) is 45.4 Å². The van der Waals surface area contributed by atoms with Gasteiger partial charge < -0.3 is 5.32 Å². The van der Waals surface area contributed by atoms with Crippen LogP contribution in [0.1, 0.15) is 78.6 Å². The predicted molar refractivity (Wildman–Crippen MR) is 91.7 cm³/mol. The summed E-state index contributed by atoms with van der Waals surface area (Å²) in [4.78, 5) is 0. The van der Waals surface area contributed by atoms with Crippen molar-refractivity contribution in [3.63, 3.8) is 0 Å². The smallest absolute Gasteiger partial charge is 0.181 e. The molecule has 0 aromatic rings. The van der Waals surface area contributed by atoms with E-state index in [4.69, 9.17) is 12.2 Å². The van der Waals surface area contributed by atoms with Crippen LogP contribution in [0.3, 0.4) is 0 Å². The Morgan fingerprint density at radius 1 is 1.05 bits per heavy atom. The van der Waals surface area contributed by atoms with Crippen molar-refractivity contribution in [2.75, 3.05) is 6.54 Å². The van der Waals surface area contributed by atoms with Crippen LogP contribution in [0.5, 0.6) is 0 Å². The molecular weight excluding hydrogens is 266 g/mol. The van der Waals surface area contributed by atoms with Crippen molar-refractivity contribution >= 4 is 17.3 Å². The number of nitrogens with one attached hydrogen (secondary N) is 2. The molecule has 0 saturated carbocycles. The van der Waals surface area contributed by atoms with Gasteiger partial charge in [0.2, 0.25) is 0 Å². The van der Waals surface area contributed by atoms with E-state index < -0.39 is 0 Å². The Kier molecular flexibility index (Phi) is 9.19. The SMILES string of the molecule is CCCCCCCCNC(=S)NN1C(C)CCCC1C. The van der Waals surface area contributed by atoms with Crippen LogP contribution in [-0.2, 0) is 0 Å². The Hall–Kier alpha value is -0.350. The van der Waals surface area contributed by atoms with Gasteiger partial charge in [0.15, 0.2) is 5.11 Å². The molecule has 118 valence electrons. The molecule has 1 fully saturated rings. The Balaban J connectivity index is 2.07. The first-order valence-electron chi connectivity index (χ1n) is 8.48.